The van der Waals surface area contributed by atoms with E-state index < -0.39 is 0 Å². The maximum atomic E-state index is 3.60. The van der Waals surface area contributed by atoms with E-state index in [1.54, 1.807) is 0 Å². The highest BCUT2D eigenvalue weighted by Crippen LogP contribution is 2.27. The molecule has 2 aliphatic heterocycles. The fourth-order valence-corrected chi connectivity index (χ4v) is 3.01. The SMILES string of the molecule is c1ccn(NC2CCN3CCCCC23)c1. The van der Waals surface area contributed by atoms with Gasteiger partial charge in [-0.25, -0.2) is 0 Å². The number of rotatable bonds is 2. The molecule has 0 saturated carbocycles. The molecule has 3 heterocycles. The van der Waals surface area contributed by atoms with Crippen LogP contribution in [0.15, 0.2) is 24.5 Å². The lowest BCUT2D eigenvalue weighted by molar-refractivity contribution is 0.190. The Kier molecular flexibility index (Phi) is 2.41. The molecule has 82 valence electrons. The maximum absolute atomic E-state index is 3.60. The van der Waals surface area contributed by atoms with Gasteiger partial charge in [-0.05, 0) is 37.9 Å². The van der Waals surface area contributed by atoms with Crippen molar-refractivity contribution in [3.05, 3.63) is 24.5 Å². The lowest BCUT2D eigenvalue weighted by Crippen LogP contribution is -2.43. The normalized spacial score (nSPS) is 31.5. The van der Waals surface area contributed by atoms with Crippen molar-refractivity contribution >= 4 is 0 Å². The minimum Gasteiger partial charge on any atom is -0.322 e. The van der Waals surface area contributed by atoms with E-state index in [-0.39, 0.29) is 0 Å². The second-order valence-corrected chi connectivity index (χ2v) is 4.71. The molecule has 3 nitrogen and oxygen atoms in total. The number of piperidine rings is 1. The summed E-state index contributed by atoms with van der Waals surface area (Å²) in [5, 5.41) is 0. The van der Waals surface area contributed by atoms with Gasteiger partial charge >= 0.3 is 0 Å². The van der Waals surface area contributed by atoms with E-state index in [4.69, 9.17) is 0 Å². The summed E-state index contributed by atoms with van der Waals surface area (Å²) in [6.45, 7) is 2.60. The average molecular weight is 205 g/mol. The van der Waals surface area contributed by atoms with Crippen LogP contribution in [-0.4, -0.2) is 34.7 Å². The highest BCUT2D eigenvalue weighted by Gasteiger charge is 2.35. The molecule has 3 rings (SSSR count). The van der Waals surface area contributed by atoms with Gasteiger partial charge in [0.2, 0.25) is 0 Å². The van der Waals surface area contributed by atoms with Crippen LogP contribution in [-0.2, 0) is 0 Å². The van der Waals surface area contributed by atoms with E-state index in [0.29, 0.717) is 6.04 Å². The first kappa shape index (κ1) is 9.28. The fraction of sp³-hybridized carbons (Fsp3) is 0.667. The van der Waals surface area contributed by atoms with Gasteiger partial charge < -0.3 is 5.43 Å². The van der Waals surface area contributed by atoms with Gasteiger partial charge in [0.05, 0.1) is 6.04 Å². The maximum Gasteiger partial charge on any atom is 0.0591 e. The number of hydrogen-bond donors (Lipinski definition) is 1. The Morgan fingerprint density at radius 1 is 1.00 bits per heavy atom. The molecule has 1 aromatic rings. The summed E-state index contributed by atoms with van der Waals surface area (Å²) in [5.41, 5.74) is 3.60. The van der Waals surface area contributed by atoms with Crippen LogP contribution in [0, 0.1) is 0 Å². The van der Waals surface area contributed by atoms with E-state index in [2.05, 4.69) is 39.5 Å². The van der Waals surface area contributed by atoms with E-state index in [9.17, 15) is 0 Å². The fourth-order valence-electron chi connectivity index (χ4n) is 3.01. The molecule has 0 amide bonds. The molecule has 2 atom stereocenters. The molecule has 2 unspecified atom stereocenters. The third kappa shape index (κ3) is 1.76. The van der Waals surface area contributed by atoms with Gasteiger partial charge in [0.15, 0.2) is 0 Å². The first-order chi connectivity index (χ1) is 7.43. The van der Waals surface area contributed by atoms with E-state index >= 15 is 0 Å². The van der Waals surface area contributed by atoms with Crippen LogP contribution in [0.3, 0.4) is 0 Å². The number of nitrogens with one attached hydrogen (secondary N) is 1. The molecule has 0 bridgehead atoms. The predicted molar refractivity (Wildman–Crippen MR) is 61.4 cm³/mol. The highest BCUT2D eigenvalue weighted by atomic mass is 15.4. The van der Waals surface area contributed by atoms with Gasteiger partial charge in [-0.15, -0.1) is 0 Å². The Bertz CT molecular complexity index is 307. The van der Waals surface area contributed by atoms with Gasteiger partial charge in [0, 0.05) is 25.0 Å². The van der Waals surface area contributed by atoms with Gasteiger partial charge in [-0.1, -0.05) is 6.42 Å². The predicted octanol–water partition coefficient (Wildman–Crippen LogP) is 1.66. The summed E-state index contributed by atoms with van der Waals surface area (Å²) in [5.74, 6) is 0. The Morgan fingerprint density at radius 3 is 2.73 bits per heavy atom. The smallest absolute Gasteiger partial charge is 0.0591 e. The van der Waals surface area contributed by atoms with Crippen molar-refractivity contribution in [1.29, 1.82) is 0 Å². The van der Waals surface area contributed by atoms with E-state index in [1.807, 2.05) is 0 Å². The molecular weight excluding hydrogens is 186 g/mol. The largest absolute Gasteiger partial charge is 0.322 e. The molecule has 1 aromatic heterocycles. The van der Waals surface area contributed by atoms with Gasteiger partial charge in [0.1, 0.15) is 0 Å². The quantitative estimate of drug-likeness (QED) is 0.792. The summed E-state index contributed by atoms with van der Waals surface area (Å²) in [7, 11) is 0. The molecule has 2 fully saturated rings. The monoisotopic (exact) mass is 205 g/mol. The molecule has 1 N–H and O–H groups in total. The third-order valence-electron chi connectivity index (χ3n) is 3.78. The van der Waals surface area contributed by atoms with Crippen molar-refractivity contribution in [1.82, 2.24) is 9.58 Å². The van der Waals surface area contributed by atoms with Crippen molar-refractivity contribution in [2.45, 2.75) is 37.8 Å². The molecule has 0 spiro atoms. The van der Waals surface area contributed by atoms with Crippen LogP contribution in [0.2, 0.25) is 0 Å². The van der Waals surface area contributed by atoms with Crippen LogP contribution in [0.4, 0.5) is 0 Å². The first-order valence-electron chi connectivity index (χ1n) is 6.07. The van der Waals surface area contributed by atoms with Gasteiger partial charge in [-0.3, -0.25) is 9.58 Å². The zero-order valence-corrected chi connectivity index (χ0v) is 9.10. The standard InChI is InChI=1S/C12H19N3/c1-2-7-14-10-6-11(12(14)5-1)13-15-8-3-4-9-15/h3-4,8-9,11-13H,1-2,5-7,10H2. The molecule has 2 aliphatic rings. The summed E-state index contributed by atoms with van der Waals surface area (Å²) in [4.78, 5) is 2.66. The highest BCUT2D eigenvalue weighted by molar-refractivity contribution is 5.03. The molecule has 2 saturated heterocycles. The molecule has 0 aromatic carbocycles. The third-order valence-corrected chi connectivity index (χ3v) is 3.78. The van der Waals surface area contributed by atoms with Gasteiger partial charge in [-0.2, -0.15) is 0 Å². The molecule has 0 radical (unpaired) electrons. The lowest BCUT2D eigenvalue weighted by Gasteiger charge is -2.33. The lowest BCUT2D eigenvalue weighted by atomic mass is 10.00. The van der Waals surface area contributed by atoms with Crippen molar-refractivity contribution in [3.8, 4) is 0 Å². The molecule has 3 heteroatoms. The average Bonchev–Trinajstić information content (AvgIpc) is 2.89. The van der Waals surface area contributed by atoms with Crippen molar-refractivity contribution in [3.63, 3.8) is 0 Å². The zero-order valence-electron chi connectivity index (χ0n) is 9.10. The van der Waals surface area contributed by atoms with Crippen molar-refractivity contribution in [2.75, 3.05) is 18.5 Å². The number of nitrogens with zero attached hydrogens (tertiary/aromatic N) is 2. The summed E-state index contributed by atoms with van der Waals surface area (Å²) in [6, 6.07) is 5.57. The number of aromatic nitrogens is 1. The number of fused-ring (bicyclic) bond motifs is 1. The van der Waals surface area contributed by atoms with Crippen LogP contribution in [0.5, 0.6) is 0 Å². The Labute approximate surface area is 91.0 Å². The van der Waals surface area contributed by atoms with Crippen molar-refractivity contribution < 1.29 is 0 Å². The second-order valence-electron chi connectivity index (χ2n) is 4.71. The Hall–Kier alpha value is -0.960. The summed E-state index contributed by atoms with van der Waals surface area (Å²) < 4.78 is 2.10. The second kappa shape index (κ2) is 3.89. The number of hydrogen-bond acceptors (Lipinski definition) is 2. The first-order valence-corrected chi connectivity index (χ1v) is 6.07. The minimum atomic E-state index is 0.651. The van der Waals surface area contributed by atoms with Crippen LogP contribution >= 0.6 is 0 Å². The van der Waals surface area contributed by atoms with Crippen LogP contribution < -0.4 is 5.43 Å². The van der Waals surface area contributed by atoms with Crippen molar-refractivity contribution in [2.24, 2.45) is 0 Å². The van der Waals surface area contributed by atoms with Gasteiger partial charge in [0.25, 0.3) is 0 Å². The minimum absolute atomic E-state index is 0.651. The molecule has 15 heavy (non-hydrogen) atoms. The van der Waals surface area contributed by atoms with Crippen LogP contribution in [0.1, 0.15) is 25.7 Å². The zero-order chi connectivity index (χ0) is 10.1. The van der Waals surface area contributed by atoms with E-state index in [1.165, 1.54) is 38.8 Å². The Balaban J connectivity index is 1.67. The van der Waals surface area contributed by atoms with Crippen LogP contribution in [0.25, 0.3) is 0 Å². The molecule has 0 aliphatic carbocycles. The molecular formula is C12H19N3. The van der Waals surface area contributed by atoms with E-state index in [0.717, 1.165) is 6.04 Å². The summed E-state index contributed by atoms with van der Waals surface area (Å²) >= 11 is 0. The Morgan fingerprint density at radius 2 is 1.87 bits per heavy atom. The summed E-state index contributed by atoms with van der Waals surface area (Å²) in [6.07, 6.45) is 9.65. The topological polar surface area (TPSA) is 20.2 Å².